The largest absolute Gasteiger partial charge is 0.490 e. The zero-order valence-electron chi connectivity index (χ0n) is 10.7. The molecule has 0 radical (unpaired) electrons. The van der Waals surface area contributed by atoms with Gasteiger partial charge in [0.25, 0.3) is 0 Å². The molecule has 0 fully saturated rings. The molecule has 0 saturated heterocycles. The fourth-order valence-corrected chi connectivity index (χ4v) is 1.48. The summed E-state index contributed by atoms with van der Waals surface area (Å²) >= 11 is 0. The lowest BCUT2D eigenvalue weighted by atomic mass is 10.3. The Balaban J connectivity index is 2.63. The molecule has 0 aromatic heterocycles. The van der Waals surface area contributed by atoms with Crippen molar-refractivity contribution in [2.75, 3.05) is 19.8 Å². The molecule has 1 unspecified atom stereocenters. The highest BCUT2D eigenvalue weighted by Gasteiger charge is 2.17. The predicted octanol–water partition coefficient (Wildman–Crippen LogP) is 1.53. The molecule has 100 valence electrons. The second-order valence-electron chi connectivity index (χ2n) is 3.64. The summed E-state index contributed by atoms with van der Waals surface area (Å²) in [5, 5.41) is 11.8. The molecule has 2 N–H and O–H groups in total. The number of carboxylic acid groups (broad SMARTS) is 1. The minimum absolute atomic E-state index is 0.0628. The van der Waals surface area contributed by atoms with E-state index in [0.29, 0.717) is 24.7 Å². The van der Waals surface area contributed by atoms with Gasteiger partial charge in [-0.15, -0.1) is 0 Å². The maximum absolute atomic E-state index is 10.9. The number of hydrogen-bond donors (Lipinski definition) is 2. The lowest BCUT2D eigenvalue weighted by molar-refractivity contribution is -0.140. The highest BCUT2D eigenvalue weighted by atomic mass is 16.5. The Morgan fingerprint density at radius 2 is 1.89 bits per heavy atom. The Morgan fingerprint density at radius 3 is 2.39 bits per heavy atom. The minimum Gasteiger partial charge on any atom is -0.490 e. The molecule has 0 saturated carbocycles. The molecule has 5 nitrogen and oxygen atoms in total. The number of carbonyl (C=O) groups is 1. The van der Waals surface area contributed by atoms with Crippen LogP contribution in [-0.4, -0.2) is 36.9 Å². The molecule has 1 atom stereocenters. The Bertz CT molecular complexity index is 381. The third-order valence-electron chi connectivity index (χ3n) is 2.30. The maximum Gasteiger partial charge on any atom is 0.324 e. The van der Waals surface area contributed by atoms with Gasteiger partial charge in [-0.2, -0.15) is 0 Å². The van der Waals surface area contributed by atoms with Crippen LogP contribution in [0.15, 0.2) is 24.3 Å². The second kappa shape index (κ2) is 7.55. The molecule has 0 amide bonds. The molecule has 0 aliphatic carbocycles. The van der Waals surface area contributed by atoms with Crippen LogP contribution in [0.2, 0.25) is 0 Å². The summed E-state index contributed by atoms with van der Waals surface area (Å²) in [6, 6.07) is 6.50. The van der Waals surface area contributed by atoms with Crippen molar-refractivity contribution in [2.45, 2.75) is 19.9 Å². The highest BCUT2D eigenvalue weighted by molar-refractivity contribution is 5.73. The summed E-state index contributed by atoms with van der Waals surface area (Å²) < 4.78 is 10.9. The first-order chi connectivity index (χ1) is 8.69. The van der Waals surface area contributed by atoms with E-state index < -0.39 is 12.0 Å². The number of rotatable bonds is 8. The van der Waals surface area contributed by atoms with Gasteiger partial charge in [0, 0.05) is 0 Å². The molecule has 18 heavy (non-hydrogen) atoms. The smallest absolute Gasteiger partial charge is 0.324 e. The van der Waals surface area contributed by atoms with Crippen LogP contribution in [0.4, 0.5) is 0 Å². The van der Waals surface area contributed by atoms with E-state index in [1.165, 1.54) is 0 Å². The molecule has 0 bridgehead atoms. The molecule has 1 aromatic rings. The van der Waals surface area contributed by atoms with Crippen LogP contribution in [0.1, 0.15) is 13.8 Å². The normalized spacial score (nSPS) is 11.9. The Labute approximate surface area is 107 Å². The highest BCUT2D eigenvalue weighted by Crippen LogP contribution is 2.26. The van der Waals surface area contributed by atoms with Crippen molar-refractivity contribution >= 4 is 5.97 Å². The summed E-state index contributed by atoms with van der Waals surface area (Å²) in [7, 11) is 0. The summed E-state index contributed by atoms with van der Waals surface area (Å²) in [6.45, 7) is 4.91. The number of hydrogen-bond acceptors (Lipinski definition) is 4. The quantitative estimate of drug-likeness (QED) is 0.735. The number of para-hydroxylation sites is 2. The Hall–Kier alpha value is -1.75. The average Bonchev–Trinajstić information content (AvgIpc) is 2.36. The lowest BCUT2D eigenvalue weighted by Gasteiger charge is -2.16. The van der Waals surface area contributed by atoms with Gasteiger partial charge in [-0.3, -0.25) is 4.79 Å². The number of carboxylic acids is 1. The van der Waals surface area contributed by atoms with Crippen molar-refractivity contribution in [3.63, 3.8) is 0 Å². The third kappa shape index (κ3) is 4.25. The maximum atomic E-state index is 10.9. The van der Waals surface area contributed by atoms with Gasteiger partial charge in [-0.05, 0) is 25.6 Å². The molecule has 1 aromatic carbocycles. The zero-order valence-corrected chi connectivity index (χ0v) is 10.7. The summed E-state index contributed by atoms with van der Waals surface area (Å²) in [5.41, 5.74) is 0. The van der Waals surface area contributed by atoms with Gasteiger partial charge in [-0.25, -0.2) is 0 Å². The zero-order chi connectivity index (χ0) is 13.4. The van der Waals surface area contributed by atoms with Crippen LogP contribution >= 0.6 is 0 Å². The van der Waals surface area contributed by atoms with Crippen LogP contribution in [0.25, 0.3) is 0 Å². The molecule has 0 aliphatic rings. The number of nitrogens with one attached hydrogen (secondary N) is 1. The van der Waals surface area contributed by atoms with Crippen molar-refractivity contribution in [3.8, 4) is 11.5 Å². The van der Waals surface area contributed by atoms with Crippen molar-refractivity contribution in [2.24, 2.45) is 0 Å². The van der Waals surface area contributed by atoms with E-state index in [-0.39, 0.29) is 6.61 Å². The van der Waals surface area contributed by atoms with Gasteiger partial charge < -0.3 is 19.9 Å². The van der Waals surface area contributed by atoms with Crippen LogP contribution in [-0.2, 0) is 4.79 Å². The van der Waals surface area contributed by atoms with E-state index in [0.717, 1.165) is 0 Å². The van der Waals surface area contributed by atoms with Gasteiger partial charge in [-0.1, -0.05) is 19.1 Å². The van der Waals surface area contributed by atoms with Crippen molar-refractivity contribution in [1.29, 1.82) is 0 Å². The summed E-state index contributed by atoms with van der Waals surface area (Å²) in [4.78, 5) is 10.9. The number of likely N-dealkylation sites (N-methyl/N-ethyl adjacent to an activating group) is 1. The predicted molar refractivity (Wildman–Crippen MR) is 68.2 cm³/mol. The number of benzene rings is 1. The third-order valence-corrected chi connectivity index (χ3v) is 2.30. The molecule has 1 rings (SSSR count). The first kappa shape index (κ1) is 14.3. The fourth-order valence-electron chi connectivity index (χ4n) is 1.48. The van der Waals surface area contributed by atoms with Crippen LogP contribution in [0.5, 0.6) is 11.5 Å². The molecular weight excluding hydrogens is 234 g/mol. The van der Waals surface area contributed by atoms with Crippen molar-refractivity contribution in [1.82, 2.24) is 5.32 Å². The number of aliphatic carboxylic acids is 1. The Kier molecular flexibility index (Phi) is 6.00. The molecule has 0 spiro atoms. The van der Waals surface area contributed by atoms with Gasteiger partial charge in [0.15, 0.2) is 11.5 Å². The minimum atomic E-state index is -0.925. The lowest BCUT2D eigenvalue weighted by Crippen LogP contribution is -2.41. The molecule has 0 aliphatic heterocycles. The van der Waals surface area contributed by atoms with E-state index in [9.17, 15) is 4.79 Å². The number of ether oxygens (including phenoxy) is 2. The first-order valence-electron chi connectivity index (χ1n) is 5.99. The van der Waals surface area contributed by atoms with Gasteiger partial charge in [0.2, 0.25) is 0 Å². The van der Waals surface area contributed by atoms with Crippen LogP contribution in [0, 0.1) is 0 Å². The summed E-state index contributed by atoms with van der Waals surface area (Å²) in [6.07, 6.45) is 0. The van der Waals surface area contributed by atoms with Crippen LogP contribution in [0.3, 0.4) is 0 Å². The van der Waals surface area contributed by atoms with Gasteiger partial charge in [0.05, 0.1) is 6.61 Å². The summed E-state index contributed by atoms with van der Waals surface area (Å²) in [5.74, 6) is 0.259. The van der Waals surface area contributed by atoms with E-state index in [4.69, 9.17) is 14.6 Å². The topological polar surface area (TPSA) is 67.8 Å². The standard InChI is InChI=1S/C13H19NO4/c1-3-14-10(13(15)16)9-18-12-8-6-5-7-11(12)17-4-2/h5-8,10,14H,3-4,9H2,1-2H3,(H,15,16). The first-order valence-corrected chi connectivity index (χ1v) is 5.99. The van der Waals surface area contributed by atoms with E-state index in [1.807, 2.05) is 26.0 Å². The average molecular weight is 253 g/mol. The fraction of sp³-hybridized carbons (Fsp3) is 0.462. The van der Waals surface area contributed by atoms with Crippen LogP contribution < -0.4 is 14.8 Å². The van der Waals surface area contributed by atoms with E-state index in [2.05, 4.69) is 5.32 Å². The van der Waals surface area contributed by atoms with Gasteiger partial charge in [0.1, 0.15) is 12.6 Å². The SMILES string of the molecule is CCNC(COc1ccccc1OCC)C(=O)O. The molecule has 0 heterocycles. The Morgan fingerprint density at radius 1 is 1.28 bits per heavy atom. The second-order valence-corrected chi connectivity index (χ2v) is 3.64. The van der Waals surface area contributed by atoms with Crippen molar-refractivity contribution in [3.05, 3.63) is 24.3 Å². The van der Waals surface area contributed by atoms with E-state index >= 15 is 0 Å². The monoisotopic (exact) mass is 253 g/mol. The van der Waals surface area contributed by atoms with E-state index in [1.54, 1.807) is 12.1 Å². The molecule has 5 heteroatoms. The van der Waals surface area contributed by atoms with Gasteiger partial charge >= 0.3 is 5.97 Å². The van der Waals surface area contributed by atoms with Crippen molar-refractivity contribution < 1.29 is 19.4 Å². The molecular formula is C13H19NO4.